The van der Waals surface area contributed by atoms with Crippen LogP contribution in [0.4, 0.5) is 4.79 Å². The van der Waals surface area contributed by atoms with Crippen LogP contribution in [0.5, 0.6) is 0 Å². The zero-order valence-corrected chi connectivity index (χ0v) is 5.25. The second-order valence-electron chi connectivity index (χ2n) is 1.98. The lowest BCUT2D eigenvalue weighted by Crippen LogP contribution is -2.57. The van der Waals surface area contributed by atoms with E-state index in [4.69, 9.17) is 5.11 Å². The van der Waals surface area contributed by atoms with Gasteiger partial charge in [0.05, 0.1) is 0 Å². The van der Waals surface area contributed by atoms with E-state index in [0.717, 1.165) is 0 Å². The molecule has 7 nitrogen and oxygen atoms in total. The van der Waals surface area contributed by atoms with Gasteiger partial charge in [-0.15, -0.1) is 0 Å². The first-order valence-corrected chi connectivity index (χ1v) is 2.62. The average Bonchev–Trinajstić information content (AvgIpc) is 2.08. The van der Waals surface area contributed by atoms with Gasteiger partial charge in [0.1, 0.15) is 0 Å². The fourth-order valence-corrected chi connectivity index (χ4v) is 0.619. The molecule has 0 bridgehead atoms. The van der Waals surface area contributed by atoms with Crippen molar-refractivity contribution in [1.29, 1.82) is 0 Å². The van der Waals surface area contributed by atoms with Gasteiger partial charge in [-0.3, -0.25) is 20.2 Å². The molecule has 1 aliphatic rings. The minimum atomic E-state index is -2.59. The van der Waals surface area contributed by atoms with Crippen molar-refractivity contribution in [3.8, 4) is 0 Å². The van der Waals surface area contributed by atoms with Gasteiger partial charge in [0.15, 0.2) is 0 Å². The summed E-state index contributed by atoms with van der Waals surface area (Å²) in [6.45, 7) is 0. The molecule has 11 heavy (non-hydrogen) atoms. The van der Waals surface area contributed by atoms with Gasteiger partial charge < -0.3 is 10.8 Å². The molecule has 0 saturated carbocycles. The van der Waals surface area contributed by atoms with Crippen LogP contribution >= 0.6 is 0 Å². The SMILES string of the molecule is NC(=O)[C@]1(O)NC(=O)NC1=O. The summed E-state index contributed by atoms with van der Waals surface area (Å²) in [6.07, 6.45) is 0. The Kier molecular flexibility index (Phi) is 1.31. The quantitative estimate of drug-likeness (QED) is 0.240. The standard InChI is InChI=1S/C4H5N3O4/c5-1(8)4(11)2(9)6-3(10)7-4/h11H,(H2,5,8)(H2,6,7,9,10)/t4-/m1/s1. The zero-order chi connectivity index (χ0) is 8.65. The Bertz CT molecular complexity index is 250. The predicted molar refractivity (Wildman–Crippen MR) is 30.8 cm³/mol. The van der Waals surface area contributed by atoms with Crippen molar-refractivity contribution in [3.63, 3.8) is 0 Å². The van der Waals surface area contributed by atoms with Gasteiger partial charge in [0, 0.05) is 0 Å². The van der Waals surface area contributed by atoms with Gasteiger partial charge in [-0.05, 0) is 0 Å². The van der Waals surface area contributed by atoms with Crippen molar-refractivity contribution in [2.75, 3.05) is 0 Å². The molecule has 60 valence electrons. The van der Waals surface area contributed by atoms with E-state index >= 15 is 0 Å². The number of hydrogen-bond acceptors (Lipinski definition) is 4. The first kappa shape index (κ1) is 7.48. The van der Waals surface area contributed by atoms with E-state index in [1.54, 1.807) is 10.6 Å². The number of aliphatic hydroxyl groups is 1. The molecular weight excluding hydrogens is 154 g/mol. The largest absolute Gasteiger partial charge is 0.365 e. The average molecular weight is 159 g/mol. The van der Waals surface area contributed by atoms with Gasteiger partial charge >= 0.3 is 11.8 Å². The smallest absolute Gasteiger partial charge is 0.324 e. The molecule has 0 aromatic carbocycles. The van der Waals surface area contributed by atoms with Gasteiger partial charge in [0.2, 0.25) is 0 Å². The van der Waals surface area contributed by atoms with E-state index in [2.05, 4.69) is 5.73 Å². The fourth-order valence-electron chi connectivity index (χ4n) is 0.619. The molecule has 1 heterocycles. The van der Waals surface area contributed by atoms with Crippen molar-refractivity contribution < 1.29 is 19.5 Å². The van der Waals surface area contributed by atoms with Crippen molar-refractivity contribution in [2.24, 2.45) is 5.73 Å². The van der Waals surface area contributed by atoms with Crippen LogP contribution in [0.15, 0.2) is 0 Å². The molecule has 1 fully saturated rings. The summed E-state index contributed by atoms with van der Waals surface area (Å²) in [5.74, 6) is -2.48. The maximum absolute atomic E-state index is 10.6. The normalized spacial score (nSPS) is 29.5. The van der Waals surface area contributed by atoms with Crippen LogP contribution in [0.1, 0.15) is 0 Å². The van der Waals surface area contributed by atoms with Gasteiger partial charge in [-0.2, -0.15) is 0 Å². The Balaban J connectivity index is 2.96. The molecule has 7 heteroatoms. The number of hydrogen-bond donors (Lipinski definition) is 4. The third-order valence-electron chi connectivity index (χ3n) is 1.21. The monoisotopic (exact) mass is 159 g/mol. The van der Waals surface area contributed by atoms with Crippen molar-refractivity contribution in [3.05, 3.63) is 0 Å². The summed E-state index contributed by atoms with van der Waals surface area (Å²) in [5, 5.41) is 12.3. The van der Waals surface area contributed by atoms with Gasteiger partial charge in [-0.25, -0.2) is 4.79 Å². The number of carbonyl (C=O) groups excluding carboxylic acids is 3. The highest BCUT2D eigenvalue weighted by Gasteiger charge is 2.50. The van der Waals surface area contributed by atoms with Crippen LogP contribution in [0.2, 0.25) is 0 Å². The van der Waals surface area contributed by atoms with Crippen LogP contribution in [-0.4, -0.2) is 28.7 Å². The molecule has 0 aromatic rings. The Morgan fingerprint density at radius 2 is 2.09 bits per heavy atom. The highest BCUT2D eigenvalue weighted by atomic mass is 16.3. The van der Waals surface area contributed by atoms with Crippen molar-refractivity contribution in [1.82, 2.24) is 10.6 Å². The minimum absolute atomic E-state index is 0.948. The minimum Gasteiger partial charge on any atom is -0.365 e. The highest BCUT2D eigenvalue weighted by molar-refractivity contribution is 6.18. The third kappa shape index (κ3) is 0.905. The molecule has 0 aromatic heterocycles. The van der Waals surface area contributed by atoms with Gasteiger partial charge in [-0.1, -0.05) is 0 Å². The maximum atomic E-state index is 10.6. The number of amides is 4. The predicted octanol–water partition coefficient (Wildman–Crippen LogP) is -3.00. The molecule has 1 saturated heterocycles. The molecule has 1 atom stereocenters. The summed E-state index contributed by atoms with van der Waals surface area (Å²) in [6, 6.07) is -0.948. The maximum Gasteiger partial charge on any atom is 0.324 e. The van der Waals surface area contributed by atoms with Crippen LogP contribution in [-0.2, 0) is 9.59 Å². The molecule has 1 rings (SSSR count). The molecule has 0 radical (unpaired) electrons. The van der Waals surface area contributed by atoms with E-state index in [-0.39, 0.29) is 0 Å². The van der Waals surface area contributed by atoms with Crippen LogP contribution < -0.4 is 16.4 Å². The number of rotatable bonds is 1. The topological polar surface area (TPSA) is 122 Å². The first-order chi connectivity index (χ1) is 4.97. The van der Waals surface area contributed by atoms with Crippen LogP contribution in [0.3, 0.4) is 0 Å². The van der Waals surface area contributed by atoms with E-state index in [0.29, 0.717) is 0 Å². The Morgan fingerprint density at radius 1 is 1.55 bits per heavy atom. The van der Waals surface area contributed by atoms with Crippen molar-refractivity contribution in [2.45, 2.75) is 5.72 Å². The van der Waals surface area contributed by atoms with Crippen LogP contribution in [0.25, 0.3) is 0 Å². The Morgan fingerprint density at radius 3 is 2.27 bits per heavy atom. The van der Waals surface area contributed by atoms with Crippen LogP contribution in [0, 0.1) is 0 Å². The molecule has 4 amide bonds. The van der Waals surface area contributed by atoms with Crippen molar-refractivity contribution >= 4 is 17.8 Å². The van der Waals surface area contributed by atoms with E-state index in [1.807, 2.05) is 0 Å². The molecule has 1 aliphatic heterocycles. The summed E-state index contributed by atoms with van der Waals surface area (Å²) >= 11 is 0. The first-order valence-electron chi connectivity index (χ1n) is 2.62. The molecule has 0 aliphatic carbocycles. The Hall–Kier alpha value is -1.63. The second kappa shape index (κ2) is 1.92. The van der Waals surface area contributed by atoms with E-state index in [1.165, 1.54) is 0 Å². The number of nitrogens with two attached hydrogens (primary N) is 1. The number of nitrogens with one attached hydrogen (secondary N) is 2. The number of primary amides is 1. The van der Waals surface area contributed by atoms with E-state index in [9.17, 15) is 14.4 Å². The summed E-state index contributed by atoms with van der Waals surface area (Å²) in [5.41, 5.74) is 2.03. The molecule has 0 spiro atoms. The molecular formula is C4H5N3O4. The summed E-state index contributed by atoms with van der Waals surface area (Å²) < 4.78 is 0. The fraction of sp³-hybridized carbons (Fsp3) is 0.250. The summed E-state index contributed by atoms with van der Waals surface area (Å²) in [4.78, 5) is 31.3. The highest BCUT2D eigenvalue weighted by Crippen LogP contribution is 2.03. The van der Waals surface area contributed by atoms with E-state index < -0.39 is 23.6 Å². The lowest BCUT2D eigenvalue weighted by molar-refractivity contribution is -0.150. The lowest BCUT2D eigenvalue weighted by atomic mass is 10.2. The number of imide groups is 1. The zero-order valence-electron chi connectivity index (χ0n) is 5.25. The lowest BCUT2D eigenvalue weighted by Gasteiger charge is -2.12. The molecule has 5 N–H and O–H groups in total. The second-order valence-corrected chi connectivity index (χ2v) is 1.98. The van der Waals surface area contributed by atoms with Gasteiger partial charge in [0.25, 0.3) is 11.8 Å². The summed E-state index contributed by atoms with van der Waals surface area (Å²) in [7, 11) is 0. The third-order valence-corrected chi connectivity index (χ3v) is 1.21. The number of carbonyl (C=O) groups is 3. The molecule has 0 unspecified atom stereocenters. The Labute approximate surface area is 60.5 Å². The number of urea groups is 1.